The minimum absolute atomic E-state index is 0.133. The predicted molar refractivity (Wildman–Crippen MR) is 87.6 cm³/mol. The summed E-state index contributed by atoms with van der Waals surface area (Å²) >= 11 is 0. The van der Waals surface area contributed by atoms with Crippen LogP contribution in [0.15, 0.2) is 48.5 Å². The third-order valence-corrected chi connectivity index (χ3v) is 4.47. The molecule has 2 aromatic rings. The molecule has 0 atom stereocenters. The molecule has 0 aliphatic rings. The number of hydrogen-bond donors (Lipinski definition) is 2. The summed E-state index contributed by atoms with van der Waals surface area (Å²) < 4.78 is 27.1. The summed E-state index contributed by atoms with van der Waals surface area (Å²) in [7, 11) is -3.48. The fourth-order valence-electron chi connectivity index (χ4n) is 2.05. The van der Waals surface area contributed by atoms with Gasteiger partial charge in [-0.2, -0.15) is 0 Å². The zero-order valence-electron chi connectivity index (χ0n) is 12.2. The Morgan fingerprint density at radius 1 is 1.10 bits per heavy atom. The maximum Gasteiger partial charge on any atom is 0.236 e. The van der Waals surface area contributed by atoms with Crippen LogP contribution in [0.4, 0.5) is 11.4 Å². The highest BCUT2D eigenvalue weighted by molar-refractivity contribution is 7.91. The van der Waals surface area contributed by atoms with Crippen LogP contribution in [-0.2, 0) is 15.8 Å². The third kappa shape index (κ3) is 4.23. The van der Waals surface area contributed by atoms with Gasteiger partial charge in [-0.15, -0.1) is 0 Å². The van der Waals surface area contributed by atoms with Crippen molar-refractivity contribution in [1.82, 2.24) is 0 Å². The molecule has 2 rings (SSSR count). The predicted octanol–water partition coefficient (Wildman–Crippen LogP) is 3.33. The van der Waals surface area contributed by atoms with Crippen LogP contribution in [0.1, 0.15) is 30.9 Å². The van der Waals surface area contributed by atoms with Crippen molar-refractivity contribution in [2.75, 3.05) is 10.5 Å². The molecular formula is C16H20N2O2S. The second-order valence-electron chi connectivity index (χ2n) is 5.34. The first kappa shape index (κ1) is 15.4. The maximum atomic E-state index is 12.2. The van der Waals surface area contributed by atoms with E-state index in [1.807, 2.05) is 18.2 Å². The van der Waals surface area contributed by atoms with Gasteiger partial charge in [-0.25, -0.2) is 8.42 Å². The number of nitrogens with one attached hydrogen (secondary N) is 1. The quantitative estimate of drug-likeness (QED) is 0.832. The van der Waals surface area contributed by atoms with Crippen LogP contribution in [0.3, 0.4) is 0 Å². The Morgan fingerprint density at radius 2 is 1.81 bits per heavy atom. The highest BCUT2D eigenvalue weighted by atomic mass is 32.2. The molecule has 0 heterocycles. The smallest absolute Gasteiger partial charge is 0.236 e. The standard InChI is InChI=1S/C16H20N2O2S/c1-12(2)13-7-5-8-15(10-13)18-21(19,20)11-14-6-3-4-9-16(14)17/h3-10,12,18H,11,17H2,1-2H3. The SMILES string of the molecule is CC(C)c1cccc(NS(=O)(=O)Cc2ccccc2N)c1. The Kier molecular flexibility index (Phi) is 4.53. The summed E-state index contributed by atoms with van der Waals surface area (Å²) in [5.41, 5.74) is 8.55. The molecule has 3 N–H and O–H groups in total. The summed E-state index contributed by atoms with van der Waals surface area (Å²) in [4.78, 5) is 0. The molecule has 0 saturated carbocycles. The van der Waals surface area contributed by atoms with E-state index in [0.29, 0.717) is 22.9 Å². The molecule has 0 amide bonds. The molecule has 112 valence electrons. The number of benzene rings is 2. The Morgan fingerprint density at radius 3 is 2.48 bits per heavy atom. The lowest BCUT2D eigenvalue weighted by molar-refractivity contribution is 0.600. The van der Waals surface area contributed by atoms with Crippen molar-refractivity contribution in [3.63, 3.8) is 0 Å². The zero-order valence-corrected chi connectivity index (χ0v) is 13.0. The third-order valence-electron chi connectivity index (χ3n) is 3.23. The summed E-state index contributed by atoms with van der Waals surface area (Å²) in [5.74, 6) is 0.213. The first-order valence-corrected chi connectivity index (χ1v) is 8.46. The van der Waals surface area contributed by atoms with Gasteiger partial charge in [0.25, 0.3) is 0 Å². The van der Waals surface area contributed by atoms with Crippen molar-refractivity contribution < 1.29 is 8.42 Å². The van der Waals surface area contributed by atoms with E-state index >= 15 is 0 Å². The second kappa shape index (κ2) is 6.18. The fraction of sp³-hybridized carbons (Fsp3) is 0.250. The Bertz CT molecular complexity index is 725. The Hall–Kier alpha value is -2.01. The molecule has 0 unspecified atom stereocenters. The van der Waals surface area contributed by atoms with Crippen molar-refractivity contribution in [2.24, 2.45) is 0 Å². The monoisotopic (exact) mass is 304 g/mol. The van der Waals surface area contributed by atoms with E-state index in [4.69, 9.17) is 5.73 Å². The zero-order chi connectivity index (χ0) is 15.5. The number of rotatable bonds is 5. The average molecular weight is 304 g/mol. The number of nitrogen functional groups attached to an aromatic ring is 1. The van der Waals surface area contributed by atoms with Crippen molar-refractivity contribution in [3.05, 3.63) is 59.7 Å². The van der Waals surface area contributed by atoms with Gasteiger partial charge in [0.15, 0.2) is 0 Å². The van der Waals surface area contributed by atoms with Crippen molar-refractivity contribution in [1.29, 1.82) is 0 Å². The van der Waals surface area contributed by atoms with E-state index in [0.717, 1.165) is 5.56 Å². The van der Waals surface area contributed by atoms with Crippen LogP contribution < -0.4 is 10.5 Å². The number of nitrogens with two attached hydrogens (primary N) is 1. The number of para-hydroxylation sites is 1. The lowest BCUT2D eigenvalue weighted by Gasteiger charge is -2.12. The van der Waals surface area contributed by atoms with Crippen LogP contribution in [0.25, 0.3) is 0 Å². The van der Waals surface area contributed by atoms with Gasteiger partial charge in [0.05, 0.1) is 5.75 Å². The van der Waals surface area contributed by atoms with Gasteiger partial charge in [0.1, 0.15) is 0 Å². The Balaban J connectivity index is 2.18. The topological polar surface area (TPSA) is 72.2 Å². The lowest BCUT2D eigenvalue weighted by atomic mass is 10.0. The highest BCUT2D eigenvalue weighted by Crippen LogP contribution is 2.21. The normalized spacial score (nSPS) is 11.6. The molecule has 0 saturated heterocycles. The van der Waals surface area contributed by atoms with E-state index in [9.17, 15) is 8.42 Å². The number of sulfonamides is 1. The second-order valence-corrected chi connectivity index (χ2v) is 7.06. The molecule has 2 aromatic carbocycles. The van der Waals surface area contributed by atoms with Crippen molar-refractivity contribution in [3.8, 4) is 0 Å². The highest BCUT2D eigenvalue weighted by Gasteiger charge is 2.14. The van der Waals surface area contributed by atoms with Crippen LogP contribution >= 0.6 is 0 Å². The molecular weight excluding hydrogens is 284 g/mol. The molecule has 0 spiro atoms. The van der Waals surface area contributed by atoms with E-state index in [-0.39, 0.29) is 5.75 Å². The summed E-state index contributed by atoms with van der Waals surface area (Å²) in [6.07, 6.45) is 0. The van der Waals surface area contributed by atoms with Crippen molar-refractivity contribution >= 4 is 21.4 Å². The first-order chi connectivity index (χ1) is 9.87. The van der Waals surface area contributed by atoms with Crippen molar-refractivity contribution in [2.45, 2.75) is 25.5 Å². The van der Waals surface area contributed by atoms with E-state index in [2.05, 4.69) is 18.6 Å². The molecule has 0 bridgehead atoms. The van der Waals surface area contributed by atoms with E-state index in [1.165, 1.54) is 0 Å². The van der Waals surface area contributed by atoms with Gasteiger partial charge in [0.2, 0.25) is 10.0 Å². The molecule has 4 nitrogen and oxygen atoms in total. The minimum atomic E-state index is -3.48. The van der Waals surface area contributed by atoms with Crippen LogP contribution in [0, 0.1) is 0 Å². The molecule has 21 heavy (non-hydrogen) atoms. The first-order valence-electron chi connectivity index (χ1n) is 6.81. The maximum absolute atomic E-state index is 12.2. The molecule has 5 heteroatoms. The fourth-order valence-corrected chi connectivity index (χ4v) is 3.28. The van der Waals surface area contributed by atoms with Gasteiger partial charge in [-0.1, -0.05) is 44.2 Å². The molecule has 0 fully saturated rings. The molecule has 0 aromatic heterocycles. The summed E-state index contributed by atoms with van der Waals surface area (Å²) in [5, 5.41) is 0. The van der Waals surface area contributed by atoms with Crippen LogP contribution in [0.2, 0.25) is 0 Å². The van der Waals surface area contributed by atoms with Gasteiger partial charge in [0, 0.05) is 11.4 Å². The van der Waals surface area contributed by atoms with Crippen LogP contribution in [0.5, 0.6) is 0 Å². The minimum Gasteiger partial charge on any atom is -0.398 e. The van der Waals surface area contributed by atoms with Gasteiger partial charge in [-0.3, -0.25) is 4.72 Å². The molecule has 0 radical (unpaired) electrons. The molecule has 0 aliphatic heterocycles. The summed E-state index contributed by atoms with van der Waals surface area (Å²) in [6.45, 7) is 4.14. The Labute approximate surface area is 126 Å². The van der Waals surface area contributed by atoms with Crippen LogP contribution in [-0.4, -0.2) is 8.42 Å². The number of anilines is 2. The number of hydrogen-bond acceptors (Lipinski definition) is 3. The largest absolute Gasteiger partial charge is 0.398 e. The van der Waals surface area contributed by atoms with E-state index < -0.39 is 10.0 Å². The lowest BCUT2D eigenvalue weighted by Crippen LogP contribution is -2.16. The average Bonchev–Trinajstić information content (AvgIpc) is 2.41. The van der Waals surface area contributed by atoms with Gasteiger partial charge < -0.3 is 5.73 Å². The van der Waals surface area contributed by atoms with Gasteiger partial charge >= 0.3 is 0 Å². The molecule has 0 aliphatic carbocycles. The summed E-state index contributed by atoms with van der Waals surface area (Å²) in [6, 6.07) is 14.4. The van der Waals surface area contributed by atoms with E-state index in [1.54, 1.807) is 30.3 Å². The van der Waals surface area contributed by atoms with Gasteiger partial charge in [-0.05, 0) is 35.2 Å².